The lowest BCUT2D eigenvalue weighted by Gasteiger charge is -2.15. The Hall–Kier alpha value is -1.95. The van der Waals surface area contributed by atoms with Crippen molar-refractivity contribution < 1.29 is 23.4 Å². The summed E-state index contributed by atoms with van der Waals surface area (Å²) in [5.41, 5.74) is 1.14. The fourth-order valence-electron chi connectivity index (χ4n) is 2.38. The highest BCUT2D eigenvalue weighted by atomic mass is 19.2. The van der Waals surface area contributed by atoms with Crippen molar-refractivity contribution in [2.24, 2.45) is 0 Å². The third-order valence-corrected chi connectivity index (χ3v) is 3.64. The lowest BCUT2D eigenvalue weighted by atomic mass is 9.97. The van der Waals surface area contributed by atoms with Gasteiger partial charge in [0.15, 0.2) is 11.6 Å². The molecule has 0 aromatic heterocycles. The highest BCUT2D eigenvalue weighted by Gasteiger charge is 2.12. The molecule has 1 atom stereocenters. The third-order valence-electron chi connectivity index (χ3n) is 3.64. The number of benzene rings is 1. The second-order valence-corrected chi connectivity index (χ2v) is 5.63. The monoisotopic (exact) mass is 325 g/mol. The Labute approximate surface area is 134 Å². The van der Waals surface area contributed by atoms with Gasteiger partial charge in [-0.15, -0.1) is 0 Å². The van der Waals surface area contributed by atoms with E-state index in [1.807, 2.05) is 0 Å². The predicted octanol–water partition coefficient (Wildman–Crippen LogP) is 2.71. The number of aliphatic hydroxyl groups excluding tert-OH is 1. The number of amides is 1. The largest absolute Gasteiger partial charge is 0.491 e. The maximum absolute atomic E-state index is 13.0. The first-order valence-corrected chi connectivity index (χ1v) is 7.75. The quantitative estimate of drug-likeness (QED) is 0.758. The fraction of sp³-hybridized carbons (Fsp3) is 0.471. The zero-order valence-electron chi connectivity index (χ0n) is 12.9. The SMILES string of the molecule is O=C(CC1=CCCCC1)NCC(O)COc1ccc(F)c(F)c1. The van der Waals surface area contributed by atoms with E-state index in [0.717, 1.165) is 37.0 Å². The van der Waals surface area contributed by atoms with Gasteiger partial charge < -0.3 is 15.2 Å². The molecule has 0 bridgehead atoms. The van der Waals surface area contributed by atoms with Crippen LogP contribution in [0, 0.1) is 11.6 Å². The number of carbonyl (C=O) groups excluding carboxylic acids is 1. The molecule has 23 heavy (non-hydrogen) atoms. The molecular formula is C17H21F2NO3. The van der Waals surface area contributed by atoms with Gasteiger partial charge in [-0.05, 0) is 37.8 Å². The van der Waals surface area contributed by atoms with Gasteiger partial charge in [-0.2, -0.15) is 0 Å². The molecule has 1 unspecified atom stereocenters. The zero-order chi connectivity index (χ0) is 16.7. The molecule has 0 radical (unpaired) electrons. The van der Waals surface area contributed by atoms with Gasteiger partial charge in [-0.1, -0.05) is 11.6 Å². The van der Waals surface area contributed by atoms with Gasteiger partial charge in [0, 0.05) is 19.0 Å². The number of allylic oxidation sites excluding steroid dienone is 1. The second-order valence-electron chi connectivity index (χ2n) is 5.63. The molecular weight excluding hydrogens is 304 g/mol. The first-order chi connectivity index (χ1) is 11.0. The van der Waals surface area contributed by atoms with Crippen LogP contribution in [0.1, 0.15) is 32.1 Å². The number of hydrogen-bond acceptors (Lipinski definition) is 3. The lowest BCUT2D eigenvalue weighted by Crippen LogP contribution is -2.35. The van der Waals surface area contributed by atoms with Crippen LogP contribution in [0.5, 0.6) is 5.75 Å². The predicted molar refractivity (Wildman–Crippen MR) is 82.0 cm³/mol. The van der Waals surface area contributed by atoms with E-state index in [1.165, 1.54) is 12.5 Å². The Morgan fingerprint density at radius 2 is 2.13 bits per heavy atom. The fourth-order valence-corrected chi connectivity index (χ4v) is 2.38. The van der Waals surface area contributed by atoms with Crippen molar-refractivity contribution in [2.45, 2.75) is 38.2 Å². The van der Waals surface area contributed by atoms with Crippen LogP contribution in [0.2, 0.25) is 0 Å². The Morgan fingerprint density at radius 3 is 2.83 bits per heavy atom. The average Bonchev–Trinajstić information content (AvgIpc) is 2.55. The molecule has 0 spiro atoms. The third kappa shape index (κ3) is 5.98. The zero-order valence-corrected chi connectivity index (χ0v) is 12.9. The molecule has 2 N–H and O–H groups in total. The maximum Gasteiger partial charge on any atom is 0.224 e. The molecule has 1 aliphatic rings. The number of nitrogens with one attached hydrogen (secondary N) is 1. The van der Waals surface area contributed by atoms with E-state index in [2.05, 4.69) is 11.4 Å². The van der Waals surface area contributed by atoms with Crippen molar-refractivity contribution >= 4 is 5.91 Å². The summed E-state index contributed by atoms with van der Waals surface area (Å²) in [7, 11) is 0. The van der Waals surface area contributed by atoms with Crippen molar-refractivity contribution in [1.82, 2.24) is 5.32 Å². The van der Waals surface area contributed by atoms with Crippen LogP contribution in [-0.2, 0) is 4.79 Å². The summed E-state index contributed by atoms with van der Waals surface area (Å²) in [5, 5.41) is 12.4. The van der Waals surface area contributed by atoms with E-state index in [-0.39, 0.29) is 24.8 Å². The van der Waals surface area contributed by atoms with Gasteiger partial charge in [0.1, 0.15) is 18.5 Å². The Bertz CT molecular complexity index is 575. The maximum atomic E-state index is 13.0. The van der Waals surface area contributed by atoms with Crippen molar-refractivity contribution in [3.63, 3.8) is 0 Å². The van der Waals surface area contributed by atoms with Gasteiger partial charge in [-0.3, -0.25) is 4.79 Å². The van der Waals surface area contributed by atoms with Gasteiger partial charge in [0.25, 0.3) is 0 Å². The molecule has 2 rings (SSSR count). The summed E-state index contributed by atoms with van der Waals surface area (Å²) in [6.45, 7) is -0.0656. The van der Waals surface area contributed by atoms with Crippen molar-refractivity contribution in [1.29, 1.82) is 0 Å². The van der Waals surface area contributed by atoms with Crippen LogP contribution >= 0.6 is 0 Å². The minimum Gasteiger partial charge on any atom is -0.491 e. The minimum absolute atomic E-state index is 0.0514. The van der Waals surface area contributed by atoms with Gasteiger partial charge in [-0.25, -0.2) is 8.78 Å². The van der Waals surface area contributed by atoms with Crippen LogP contribution in [-0.4, -0.2) is 30.3 Å². The van der Waals surface area contributed by atoms with E-state index in [1.54, 1.807) is 0 Å². The number of ether oxygens (including phenoxy) is 1. The molecule has 126 valence electrons. The normalized spacial score (nSPS) is 15.7. The average molecular weight is 325 g/mol. The minimum atomic E-state index is -1.01. The molecule has 1 aliphatic carbocycles. The molecule has 1 amide bonds. The highest BCUT2D eigenvalue weighted by Crippen LogP contribution is 2.19. The molecule has 0 fully saturated rings. The smallest absolute Gasteiger partial charge is 0.224 e. The van der Waals surface area contributed by atoms with E-state index in [4.69, 9.17) is 4.74 Å². The first kappa shape index (κ1) is 17.4. The molecule has 1 aromatic carbocycles. The summed E-state index contributed by atoms with van der Waals surface area (Å²) in [6.07, 6.45) is 5.80. The lowest BCUT2D eigenvalue weighted by molar-refractivity contribution is -0.121. The Balaban J connectivity index is 1.68. The summed E-state index contributed by atoms with van der Waals surface area (Å²) < 4.78 is 30.9. The summed E-state index contributed by atoms with van der Waals surface area (Å²) in [6, 6.07) is 3.15. The van der Waals surface area contributed by atoms with Crippen LogP contribution in [0.4, 0.5) is 8.78 Å². The number of rotatable bonds is 7. The first-order valence-electron chi connectivity index (χ1n) is 7.75. The van der Waals surface area contributed by atoms with E-state index < -0.39 is 17.7 Å². The molecule has 0 heterocycles. The molecule has 0 saturated heterocycles. The standard InChI is InChI=1S/C17H21F2NO3/c18-15-7-6-14(9-16(15)19)23-11-13(21)10-20-17(22)8-12-4-2-1-3-5-12/h4,6-7,9,13,21H,1-3,5,8,10-11H2,(H,20,22). The van der Waals surface area contributed by atoms with Gasteiger partial charge in [0.2, 0.25) is 5.91 Å². The highest BCUT2D eigenvalue weighted by molar-refractivity contribution is 5.78. The summed E-state index contributed by atoms with van der Waals surface area (Å²) in [4.78, 5) is 11.8. The van der Waals surface area contributed by atoms with Crippen molar-refractivity contribution in [2.75, 3.05) is 13.2 Å². The molecule has 0 saturated carbocycles. The Kier molecular flexibility index (Phi) is 6.52. The summed E-state index contributed by atoms with van der Waals surface area (Å²) in [5.74, 6) is -1.97. The van der Waals surface area contributed by atoms with Crippen molar-refractivity contribution in [3.8, 4) is 5.75 Å². The molecule has 4 nitrogen and oxygen atoms in total. The van der Waals surface area contributed by atoms with E-state index in [9.17, 15) is 18.7 Å². The number of aliphatic hydroxyl groups is 1. The number of hydrogen-bond donors (Lipinski definition) is 2. The van der Waals surface area contributed by atoms with Crippen LogP contribution in [0.15, 0.2) is 29.8 Å². The number of halogens is 2. The van der Waals surface area contributed by atoms with Crippen LogP contribution in [0.25, 0.3) is 0 Å². The number of carbonyl (C=O) groups is 1. The molecule has 1 aromatic rings. The van der Waals surface area contributed by atoms with E-state index in [0.29, 0.717) is 6.42 Å². The topological polar surface area (TPSA) is 58.6 Å². The van der Waals surface area contributed by atoms with Crippen LogP contribution in [0.3, 0.4) is 0 Å². The van der Waals surface area contributed by atoms with Crippen LogP contribution < -0.4 is 10.1 Å². The summed E-state index contributed by atoms with van der Waals surface area (Å²) >= 11 is 0. The molecule has 0 aliphatic heterocycles. The van der Waals surface area contributed by atoms with Gasteiger partial charge in [0.05, 0.1) is 0 Å². The Morgan fingerprint density at radius 1 is 1.30 bits per heavy atom. The van der Waals surface area contributed by atoms with Crippen molar-refractivity contribution in [3.05, 3.63) is 41.5 Å². The van der Waals surface area contributed by atoms with Gasteiger partial charge >= 0.3 is 0 Å². The second kappa shape index (κ2) is 8.62. The molecule has 6 heteroatoms. The van der Waals surface area contributed by atoms with E-state index >= 15 is 0 Å².